The van der Waals surface area contributed by atoms with Gasteiger partial charge >= 0.3 is 0 Å². The Balaban J connectivity index is 1.62. The van der Waals surface area contributed by atoms with Gasteiger partial charge in [-0.2, -0.15) is 0 Å². The molecule has 26 heavy (non-hydrogen) atoms. The summed E-state index contributed by atoms with van der Waals surface area (Å²) >= 11 is 2.97. The van der Waals surface area contributed by atoms with Crippen LogP contribution in [-0.2, 0) is 12.3 Å². The molecule has 0 radical (unpaired) electrons. The Bertz CT molecular complexity index is 1080. The molecule has 0 amide bonds. The fourth-order valence-electron chi connectivity index (χ4n) is 2.61. The fraction of sp³-hybridized carbons (Fsp3) is 0.294. The third kappa shape index (κ3) is 3.32. The molecule has 0 aromatic carbocycles. The monoisotopic (exact) mass is 387 g/mol. The van der Waals surface area contributed by atoms with E-state index >= 15 is 0 Å². The quantitative estimate of drug-likeness (QED) is 0.471. The first kappa shape index (κ1) is 17.0. The second-order valence-electron chi connectivity index (χ2n) is 6.22. The maximum Gasteiger partial charge on any atom is 0.258 e. The largest absolute Gasteiger partial charge is 0.461 e. The van der Waals surface area contributed by atoms with E-state index < -0.39 is 0 Å². The third-order valence-electron chi connectivity index (χ3n) is 3.71. The van der Waals surface area contributed by atoms with Gasteiger partial charge in [-0.05, 0) is 18.1 Å². The molecule has 0 N–H and O–H groups in total. The lowest BCUT2D eigenvalue weighted by atomic mass is 10.2. The van der Waals surface area contributed by atoms with Crippen LogP contribution in [0.25, 0.3) is 16.5 Å². The number of hydrogen-bond donors (Lipinski definition) is 0. The van der Waals surface area contributed by atoms with Crippen LogP contribution in [0.5, 0.6) is 0 Å². The Morgan fingerprint density at radius 1 is 1.35 bits per heavy atom. The Morgan fingerprint density at radius 3 is 3.00 bits per heavy atom. The van der Waals surface area contributed by atoms with E-state index in [0.29, 0.717) is 28.2 Å². The van der Waals surface area contributed by atoms with E-state index in [1.54, 1.807) is 22.9 Å². The first-order chi connectivity index (χ1) is 12.6. The van der Waals surface area contributed by atoms with Crippen molar-refractivity contribution in [2.75, 3.05) is 0 Å². The number of thiazole rings is 1. The number of furan rings is 1. The molecular weight excluding hydrogens is 370 g/mol. The zero-order chi connectivity index (χ0) is 18.1. The van der Waals surface area contributed by atoms with Gasteiger partial charge in [-0.1, -0.05) is 25.6 Å². The SMILES string of the molecule is CC(C)Cn1c(SCc2cc(=O)n3ccsc3n2)nnc1-c1ccco1. The van der Waals surface area contributed by atoms with Crippen molar-refractivity contribution >= 4 is 28.1 Å². The Morgan fingerprint density at radius 2 is 2.23 bits per heavy atom. The van der Waals surface area contributed by atoms with Crippen molar-refractivity contribution in [3.05, 3.63) is 52.1 Å². The number of hydrogen-bond acceptors (Lipinski definition) is 7. The molecule has 4 aromatic rings. The summed E-state index contributed by atoms with van der Waals surface area (Å²) in [5.74, 6) is 2.40. The van der Waals surface area contributed by atoms with Crippen molar-refractivity contribution in [3.63, 3.8) is 0 Å². The molecule has 0 aliphatic heterocycles. The summed E-state index contributed by atoms with van der Waals surface area (Å²) in [4.78, 5) is 17.4. The van der Waals surface area contributed by atoms with Crippen LogP contribution >= 0.6 is 23.1 Å². The molecular formula is C17H17N5O2S2. The van der Waals surface area contributed by atoms with Crippen LogP contribution < -0.4 is 5.56 Å². The number of rotatable bonds is 6. The molecule has 0 unspecified atom stereocenters. The molecule has 0 atom stereocenters. The van der Waals surface area contributed by atoms with Gasteiger partial charge in [0.25, 0.3) is 5.56 Å². The summed E-state index contributed by atoms with van der Waals surface area (Å²) in [6, 6.07) is 5.29. The maximum absolute atomic E-state index is 12.1. The van der Waals surface area contributed by atoms with Crippen molar-refractivity contribution in [1.82, 2.24) is 24.1 Å². The van der Waals surface area contributed by atoms with Gasteiger partial charge < -0.3 is 4.42 Å². The third-order valence-corrected chi connectivity index (χ3v) is 5.47. The average Bonchev–Trinajstić information content (AvgIpc) is 3.33. The molecule has 4 heterocycles. The van der Waals surface area contributed by atoms with Gasteiger partial charge in [0, 0.05) is 29.9 Å². The van der Waals surface area contributed by atoms with Gasteiger partial charge in [-0.3, -0.25) is 13.8 Å². The first-order valence-electron chi connectivity index (χ1n) is 8.17. The van der Waals surface area contributed by atoms with Crippen LogP contribution in [0, 0.1) is 5.92 Å². The fourth-order valence-corrected chi connectivity index (χ4v) is 4.19. The normalized spacial score (nSPS) is 11.7. The number of aromatic nitrogens is 5. The molecule has 0 aliphatic rings. The smallest absolute Gasteiger partial charge is 0.258 e. The molecule has 0 bridgehead atoms. The minimum atomic E-state index is -0.0632. The summed E-state index contributed by atoms with van der Waals surface area (Å²) in [5, 5.41) is 11.3. The standard InChI is InChI=1S/C17H17N5O2S2/c1-11(2)9-22-15(13-4-3-6-24-13)19-20-17(22)26-10-12-8-14(23)21-5-7-25-16(21)18-12/h3-8,11H,9-10H2,1-2H3. The molecule has 4 rings (SSSR count). The van der Waals surface area contributed by atoms with Crippen LogP contribution in [0.15, 0.2) is 50.4 Å². The molecule has 134 valence electrons. The second-order valence-corrected chi connectivity index (χ2v) is 8.03. The predicted molar refractivity (Wildman–Crippen MR) is 101 cm³/mol. The van der Waals surface area contributed by atoms with E-state index in [9.17, 15) is 4.79 Å². The molecule has 0 fully saturated rings. The van der Waals surface area contributed by atoms with Gasteiger partial charge in [-0.15, -0.1) is 21.5 Å². The van der Waals surface area contributed by atoms with Gasteiger partial charge in [0.1, 0.15) is 0 Å². The van der Waals surface area contributed by atoms with Crippen molar-refractivity contribution < 1.29 is 4.42 Å². The van der Waals surface area contributed by atoms with E-state index in [2.05, 4.69) is 33.6 Å². The topological polar surface area (TPSA) is 78.2 Å². The van der Waals surface area contributed by atoms with E-state index in [-0.39, 0.29) is 5.56 Å². The summed E-state index contributed by atoms with van der Waals surface area (Å²) < 4.78 is 9.10. The maximum atomic E-state index is 12.1. The highest BCUT2D eigenvalue weighted by molar-refractivity contribution is 7.98. The zero-order valence-corrected chi connectivity index (χ0v) is 16.0. The molecule has 0 aliphatic carbocycles. The van der Waals surface area contributed by atoms with Crippen molar-refractivity contribution in [2.45, 2.75) is 31.3 Å². The zero-order valence-electron chi connectivity index (χ0n) is 14.3. The van der Waals surface area contributed by atoms with Crippen molar-refractivity contribution in [1.29, 1.82) is 0 Å². The van der Waals surface area contributed by atoms with Crippen LogP contribution in [0.1, 0.15) is 19.5 Å². The molecule has 7 nitrogen and oxygen atoms in total. The van der Waals surface area contributed by atoms with Crippen LogP contribution in [0.2, 0.25) is 0 Å². The lowest BCUT2D eigenvalue weighted by molar-refractivity contribution is 0.489. The lowest BCUT2D eigenvalue weighted by Crippen LogP contribution is -2.12. The average molecular weight is 387 g/mol. The van der Waals surface area contributed by atoms with E-state index in [0.717, 1.165) is 17.4 Å². The second kappa shape index (κ2) is 7.08. The van der Waals surface area contributed by atoms with Crippen LogP contribution in [0.3, 0.4) is 0 Å². The Hall–Kier alpha value is -2.39. The molecule has 9 heteroatoms. The lowest BCUT2D eigenvalue weighted by Gasteiger charge is -2.11. The number of nitrogens with zero attached hydrogens (tertiary/aromatic N) is 5. The van der Waals surface area contributed by atoms with Gasteiger partial charge in [-0.25, -0.2) is 4.98 Å². The van der Waals surface area contributed by atoms with Crippen molar-refractivity contribution in [2.24, 2.45) is 5.92 Å². The Labute approximate surface area is 157 Å². The number of fused-ring (bicyclic) bond motifs is 1. The van der Waals surface area contributed by atoms with Gasteiger partial charge in [0.15, 0.2) is 21.7 Å². The van der Waals surface area contributed by atoms with E-state index in [1.807, 2.05) is 17.5 Å². The van der Waals surface area contributed by atoms with Gasteiger partial charge in [0.05, 0.1) is 12.0 Å². The first-order valence-corrected chi connectivity index (χ1v) is 10.0. The highest BCUT2D eigenvalue weighted by Crippen LogP contribution is 2.27. The summed E-state index contributed by atoms with van der Waals surface area (Å²) in [6.45, 7) is 5.08. The molecule has 0 spiro atoms. The van der Waals surface area contributed by atoms with Crippen LogP contribution in [-0.4, -0.2) is 24.1 Å². The predicted octanol–water partition coefficient (Wildman–Crippen LogP) is 3.56. The highest BCUT2D eigenvalue weighted by atomic mass is 32.2. The summed E-state index contributed by atoms with van der Waals surface area (Å²) in [7, 11) is 0. The minimum Gasteiger partial charge on any atom is -0.461 e. The number of thioether (sulfide) groups is 1. The molecule has 4 aromatic heterocycles. The highest BCUT2D eigenvalue weighted by Gasteiger charge is 2.17. The summed E-state index contributed by atoms with van der Waals surface area (Å²) in [5.41, 5.74) is 0.674. The van der Waals surface area contributed by atoms with Crippen molar-refractivity contribution in [3.8, 4) is 11.6 Å². The summed E-state index contributed by atoms with van der Waals surface area (Å²) in [6.07, 6.45) is 3.37. The van der Waals surface area contributed by atoms with E-state index in [1.165, 1.54) is 23.1 Å². The van der Waals surface area contributed by atoms with Gasteiger partial charge in [0.2, 0.25) is 0 Å². The minimum absolute atomic E-state index is 0.0632. The Kier molecular flexibility index (Phi) is 4.64. The van der Waals surface area contributed by atoms with E-state index in [4.69, 9.17) is 4.42 Å². The van der Waals surface area contributed by atoms with Crippen LogP contribution in [0.4, 0.5) is 0 Å². The molecule has 0 saturated carbocycles. The molecule has 0 saturated heterocycles.